The van der Waals surface area contributed by atoms with Crippen LogP contribution in [0.3, 0.4) is 0 Å². The predicted molar refractivity (Wildman–Crippen MR) is 210 cm³/mol. The van der Waals surface area contributed by atoms with Gasteiger partial charge in [-0.3, -0.25) is 0 Å². The molecule has 0 bridgehead atoms. The average Bonchev–Trinajstić information content (AvgIpc) is 3.19. The van der Waals surface area contributed by atoms with Gasteiger partial charge >= 0.3 is 0 Å². The molecule has 1 nitrogen and oxygen atoms in total. The first-order chi connectivity index (χ1) is 24.3. The molecular weight excluding hydrogens is 591 g/mol. The highest BCUT2D eigenvalue weighted by Gasteiger charge is 2.16. The van der Waals surface area contributed by atoms with Gasteiger partial charge in [0.1, 0.15) is 0 Å². The van der Waals surface area contributed by atoms with Crippen LogP contribution < -0.4 is 4.90 Å². The second-order valence-electron chi connectivity index (χ2n) is 12.6. The number of hydrogen-bond acceptors (Lipinski definition) is 1. The maximum absolute atomic E-state index is 2.37. The van der Waals surface area contributed by atoms with Crippen LogP contribution in [-0.4, -0.2) is 0 Å². The van der Waals surface area contributed by atoms with Gasteiger partial charge in [-0.25, -0.2) is 0 Å². The van der Waals surface area contributed by atoms with Crippen molar-refractivity contribution >= 4 is 49.4 Å². The van der Waals surface area contributed by atoms with Gasteiger partial charge in [-0.15, -0.1) is 0 Å². The fourth-order valence-electron chi connectivity index (χ4n) is 7.23. The Labute approximate surface area is 287 Å². The quantitative estimate of drug-likeness (QED) is 0.167. The Balaban J connectivity index is 1.11. The van der Waals surface area contributed by atoms with Crippen LogP contribution in [0.5, 0.6) is 0 Å². The topological polar surface area (TPSA) is 3.24 Å². The third kappa shape index (κ3) is 5.32. The summed E-state index contributed by atoms with van der Waals surface area (Å²) in [5, 5.41) is 7.57. The summed E-state index contributed by atoms with van der Waals surface area (Å²) < 4.78 is 0. The van der Waals surface area contributed by atoms with Gasteiger partial charge in [0.05, 0.1) is 5.69 Å². The minimum absolute atomic E-state index is 1.12. The minimum Gasteiger partial charge on any atom is -0.310 e. The van der Waals surface area contributed by atoms with Crippen LogP contribution in [0.1, 0.15) is 0 Å². The zero-order chi connectivity index (χ0) is 32.6. The molecule has 0 heterocycles. The molecule has 0 aliphatic heterocycles. The number of benzene rings is 9. The molecule has 0 saturated carbocycles. The Kier molecular flexibility index (Phi) is 7.22. The minimum atomic E-state index is 1.12. The van der Waals surface area contributed by atoms with Crippen molar-refractivity contribution in [2.24, 2.45) is 0 Å². The van der Waals surface area contributed by atoms with Gasteiger partial charge in [-0.2, -0.15) is 0 Å². The van der Waals surface area contributed by atoms with Crippen LogP contribution in [0.25, 0.3) is 65.7 Å². The van der Waals surface area contributed by atoms with E-state index in [4.69, 9.17) is 0 Å². The van der Waals surface area contributed by atoms with Crippen molar-refractivity contribution in [3.8, 4) is 33.4 Å². The first-order valence-electron chi connectivity index (χ1n) is 16.8. The molecule has 49 heavy (non-hydrogen) atoms. The highest BCUT2D eigenvalue weighted by Crippen LogP contribution is 2.41. The lowest BCUT2D eigenvalue weighted by atomic mass is 9.93. The molecule has 0 N–H and O–H groups in total. The molecule has 0 aromatic heterocycles. The van der Waals surface area contributed by atoms with E-state index in [2.05, 4.69) is 205 Å². The van der Waals surface area contributed by atoms with Crippen molar-refractivity contribution in [2.75, 3.05) is 4.90 Å². The first-order valence-corrected chi connectivity index (χ1v) is 16.8. The van der Waals surface area contributed by atoms with Crippen molar-refractivity contribution < 1.29 is 0 Å². The number of anilines is 3. The molecule has 0 unspecified atom stereocenters. The summed E-state index contributed by atoms with van der Waals surface area (Å²) in [6.07, 6.45) is 0. The van der Waals surface area contributed by atoms with E-state index >= 15 is 0 Å². The molecular formula is C48H33N. The van der Waals surface area contributed by atoms with Gasteiger partial charge in [-0.05, 0) is 96.7 Å². The van der Waals surface area contributed by atoms with Gasteiger partial charge in [-0.1, -0.05) is 164 Å². The van der Waals surface area contributed by atoms with E-state index in [0.717, 1.165) is 17.1 Å². The largest absolute Gasteiger partial charge is 0.310 e. The molecule has 9 aromatic carbocycles. The van der Waals surface area contributed by atoms with Gasteiger partial charge in [0.25, 0.3) is 0 Å². The van der Waals surface area contributed by atoms with Crippen LogP contribution >= 0.6 is 0 Å². The summed E-state index contributed by atoms with van der Waals surface area (Å²) in [6.45, 7) is 0. The van der Waals surface area contributed by atoms with Crippen LogP contribution in [-0.2, 0) is 0 Å². The van der Waals surface area contributed by atoms with Crippen LogP contribution in [0.4, 0.5) is 17.1 Å². The second-order valence-corrected chi connectivity index (χ2v) is 12.6. The molecule has 1 heteroatoms. The van der Waals surface area contributed by atoms with Crippen LogP contribution in [0.15, 0.2) is 200 Å². The molecule has 0 atom stereocenters. The standard InChI is InChI=1S/C48H33N/c1-2-11-34(12-3-1)35-23-28-41(29-24-35)49(48-22-9-15-37-13-5-7-19-45(37)48)42-30-25-36(26-31-42)39-16-8-17-40(33-39)44-20-10-21-46-43-18-6-4-14-38(43)27-32-47(44)46/h1-33H. The summed E-state index contributed by atoms with van der Waals surface area (Å²) in [7, 11) is 0. The highest BCUT2D eigenvalue weighted by molar-refractivity contribution is 6.12. The normalized spacial score (nSPS) is 11.3. The highest BCUT2D eigenvalue weighted by atomic mass is 15.1. The van der Waals surface area contributed by atoms with E-state index in [1.807, 2.05) is 0 Å². The Morgan fingerprint density at radius 3 is 1.53 bits per heavy atom. The van der Waals surface area contributed by atoms with Crippen molar-refractivity contribution in [3.05, 3.63) is 200 Å². The summed E-state index contributed by atoms with van der Waals surface area (Å²) in [4.78, 5) is 2.37. The zero-order valence-corrected chi connectivity index (χ0v) is 27.0. The fourth-order valence-corrected chi connectivity index (χ4v) is 7.23. The molecule has 230 valence electrons. The lowest BCUT2D eigenvalue weighted by Gasteiger charge is -2.27. The van der Waals surface area contributed by atoms with Gasteiger partial charge < -0.3 is 4.90 Å². The predicted octanol–water partition coefficient (Wildman–Crippen LogP) is 13.6. The molecule has 9 rings (SSSR count). The second kappa shape index (κ2) is 12.3. The van der Waals surface area contributed by atoms with Gasteiger partial charge in [0.2, 0.25) is 0 Å². The lowest BCUT2D eigenvalue weighted by Crippen LogP contribution is -2.10. The summed E-state index contributed by atoms with van der Waals surface area (Å²) in [5.41, 5.74) is 10.7. The van der Waals surface area contributed by atoms with E-state index in [-0.39, 0.29) is 0 Å². The monoisotopic (exact) mass is 623 g/mol. The number of hydrogen-bond donors (Lipinski definition) is 0. The number of nitrogens with zero attached hydrogens (tertiary/aromatic N) is 1. The van der Waals surface area contributed by atoms with E-state index in [1.54, 1.807) is 0 Å². The SMILES string of the molecule is c1ccc(-c2ccc(N(c3ccc(-c4cccc(-c5cccc6c5ccc5ccccc56)c4)cc3)c3cccc4ccccc34)cc2)cc1. The molecule has 0 fully saturated rings. The average molecular weight is 624 g/mol. The van der Waals surface area contributed by atoms with Crippen molar-refractivity contribution in [1.82, 2.24) is 0 Å². The molecule has 0 radical (unpaired) electrons. The maximum atomic E-state index is 2.37. The molecule has 9 aromatic rings. The Bertz CT molecular complexity index is 2580. The molecule has 0 aliphatic carbocycles. The fraction of sp³-hybridized carbons (Fsp3) is 0. The van der Waals surface area contributed by atoms with Gasteiger partial charge in [0, 0.05) is 16.8 Å². The number of rotatable bonds is 6. The lowest BCUT2D eigenvalue weighted by molar-refractivity contribution is 1.30. The zero-order valence-electron chi connectivity index (χ0n) is 27.0. The molecule has 0 spiro atoms. The van der Waals surface area contributed by atoms with E-state index in [0.29, 0.717) is 0 Å². The van der Waals surface area contributed by atoms with E-state index < -0.39 is 0 Å². The van der Waals surface area contributed by atoms with E-state index in [9.17, 15) is 0 Å². The van der Waals surface area contributed by atoms with Crippen LogP contribution in [0, 0.1) is 0 Å². The summed E-state index contributed by atoms with van der Waals surface area (Å²) in [6, 6.07) is 72.4. The Morgan fingerprint density at radius 2 is 0.776 bits per heavy atom. The van der Waals surface area contributed by atoms with Crippen LogP contribution in [0.2, 0.25) is 0 Å². The Morgan fingerprint density at radius 1 is 0.265 bits per heavy atom. The maximum Gasteiger partial charge on any atom is 0.0540 e. The molecule has 0 saturated heterocycles. The van der Waals surface area contributed by atoms with Crippen molar-refractivity contribution in [1.29, 1.82) is 0 Å². The molecule has 0 aliphatic rings. The third-order valence-electron chi connectivity index (χ3n) is 9.66. The van der Waals surface area contributed by atoms with E-state index in [1.165, 1.54) is 65.7 Å². The summed E-state index contributed by atoms with van der Waals surface area (Å²) >= 11 is 0. The van der Waals surface area contributed by atoms with Crippen molar-refractivity contribution in [3.63, 3.8) is 0 Å². The van der Waals surface area contributed by atoms with Gasteiger partial charge in [0.15, 0.2) is 0 Å². The number of fused-ring (bicyclic) bond motifs is 4. The smallest absolute Gasteiger partial charge is 0.0540 e. The summed E-state index contributed by atoms with van der Waals surface area (Å²) in [5.74, 6) is 0. The van der Waals surface area contributed by atoms with Crippen molar-refractivity contribution in [2.45, 2.75) is 0 Å². The molecule has 0 amide bonds. The first kappa shape index (κ1) is 28.8. The Hall–Kier alpha value is -6.44. The third-order valence-corrected chi connectivity index (χ3v) is 9.66.